The van der Waals surface area contributed by atoms with Gasteiger partial charge in [0.25, 0.3) is 0 Å². The summed E-state index contributed by atoms with van der Waals surface area (Å²) in [6.07, 6.45) is 5.73. The molecular formula is C11H20N2O. The third kappa shape index (κ3) is 2.27. The topological polar surface area (TPSA) is 32.3 Å². The van der Waals surface area contributed by atoms with Crippen LogP contribution in [-0.4, -0.2) is 37.0 Å². The summed E-state index contributed by atoms with van der Waals surface area (Å²) in [5, 5.41) is 3.38. The SMILES string of the molecule is CN(C(=O)C1CC1)C1CCCNCC1. The smallest absolute Gasteiger partial charge is 0.225 e. The molecule has 1 aliphatic carbocycles. The highest BCUT2D eigenvalue weighted by atomic mass is 16.2. The van der Waals surface area contributed by atoms with Crippen molar-refractivity contribution < 1.29 is 4.79 Å². The van der Waals surface area contributed by atoms with Crippen molar-refractivity contribution in [2.45, 2.75) is 38.1 Å². The maximum atomic E-state index is 11.8. The molecule has 3 nitrogen and oxygen atoms in total. The summed E-state index contributed by atoms with van der Waals surface area (Å²) in [5.41, 5.74) is 0. The second-order valence-corrected chi connectivity index (χ2v) is 4.56. The molecule has 2 fully saturated rings. The molecule has 80 valence electrons. The number of rotatable bonds is 2. The summed E-state index contributed by atoms with van der Waals surface area (Å²) >= 11 is 0. The molecule has 0 aromatic carbocycles. The Hall–Kier alpha value is -0.570. The first-order valence-electron chi connectivity index (χ1n) is 5.76. The number of carbonyl (C=O) groups is 1. The van der Waals surface area contributed by atoms with Gasteiger partial charge in [0.15, 0.2) is 0 Å². The summed E-state index contributed by atoms with van der Waals surface area (Å²) in [6.45, 7) is 2.18. The van der Waals surface area contributed by atoms with E-state index in [-0.39, 0.29) is 0 Å². The van der Waals surface area contributed by atoms with Gasteiger partial charge >= 0.3 is 0 Å². The van der Waals surface area contributed by atoms with E-state index in [1.807, 2.05) is 11.9 Å². The highest BCUT2D eigenvalue weighted by molar-refractivity contribution is 5.81. The van der Waals surface area contributed by atoms with Crippen LogP contribution in [0.25, 0.3) is 0 Å². The van der Waals surface area contributed by atoms with E-state index < -0.39 is 0 Å². The molecule has 1 atom stereocenters. The standard InChI is InChI=1S/C11H20N2O/c1-13(11(14)9-4-5-9)10-3-2-7-12-8-6-10/h9-10,12H,2-8H2,1H3. The van der Waals surface area contributed by atoms with Crippen LogP contribution < -0.4 is 5.32 Å². The third-order valence-electron chi connectivity index (χ3n) is 3.37. The molecule has 14 heavy (non-hydrogen) atoms. The van der Waals surface area contributed by atoms with Crippen LogP contribution in [0.3, 0.4) is 0 Å². The Labute approximate surface area is 85.8 Å². The molecule has 3 heteroatoms. The largest absolute Gasteiger partial charge is 0.342 e. The summed E-state index contributed by atoms with van der Waals surface area (Å²) in [4.78, 5) is 13.8. The van der Waals surface area contributed by atoms with Gasteiger partial charge in [0.05, 0.1) is 0 Å². The molecule has 1 amide bonds. The molecule has 1 heterocycles. The lowest BCUT2D eigenvalue weighted by atomic mass is 10.1. The monoisotopic (exact) mass is 196 g/mol. The van der Waals surface area contributed by atoms with Crippen LogP contribution in [0.1, 0.15) is 32.1 Å². The number of carbonyl (C=O) groups excluding carboxylic acids is 1. The second kappa shape index (κ2) is 4.30. The Morgan fingerprint density at radius 2 is 2.00 bits per heavy atom. The molecule has 1 saturated heterocycles. The fourth-order valence-electron chi connectivity index (χ4n) is 2.19. The van der Waals surface area contributed by atoms with E-state index in [2.05, 4.69) is 5.32 Å². The van der Waals surface area contributed by atoms with Crippen molar-refractivity contribution in [3.8, 4) is 0 Å². The van der Waals surface area contributed by atoms with Crippen LogP contribution in [-0.2, 0) is 4.79 Å². The van der Waals surface area contributed by atoms with Crippen molar-refractivity contribution in [1.82, 2.24) is 10.2 Å². The molecule has 1 N–H and O–H groups in total. The van der Waals surface area contributed by atoms with Gasteiger partial charge in [-0.15, -0.1) is 0 Å². The minimum Gasteiger partial charge on any atom is -0.342 e. The Morgan fingerprint density at radius 1 is 1.21 bits per heavy atom. The predicted octanol–water partition coefficient (Wildman–Crippen LogP) is 0.997. The van der Waals surface area contributed by atoms with Gasteiger partial charge in [-0.1, -0.05) is 0 Å². The fourth-order valence-corrected chi connectivity index (χ4v) is 2.19. The van der Waals surface area contributed by atoms with Gasteiger partial charge in [-0.25, -0.2) is 0 Å². The van der Waals surface area contributed by atoms with Crippen LogP contribution in [0, 0.1) is 5.92 Å². The van der Waals surface area contributed by atoms with Crippen molar-refractivity contribution in [1.29, 1.82) is 0 Å². The van der Waals surface area contributed by atoms with Gasteiger partial charge in [-0.05, 0) is 45.2 Å². The zero-order valence-corrected chi connectivity index (χ0v) is 8.96. The maximum absolute atomic E-state index is 11.8. The van der Waals surface area contributed by atoms with Crippen LogP contribution >= 0.6 is 0 Å². The quantitative estimate of drug-likeness (QED) is 0.714. The number of hydrogen-bond donors (Lipinski definition) is 1. The van der Waals surface area contributed by atoms with Gasteiger partial charge in [-0.2, -0.15) is 0 Å². The zero-order chi connectivity index (χ0) is 9.97. The van der Waals surface area contributed by atoms with Gasteiger partial charge in [0, 0.05) is 19.0 Å². The van der Waals surface area contributed by atoms with Crippen LogP contribution in [0.4, 0.5) is 0 Å². The zero-order valence-electron chi connectivity index (χ0n) is 8.96. The molecule has 0 aromatic rings. The van der Waals surface area contributed by atoms with E-state index in [1.165, 1.54) is 12.8 Å². The first-order chi connectivity index (χ1) is 6.79. The molecule has 0 bridgehead atoms. The summed E-state index contributed by atoms with van der Waals surface area (Å²) in [5.74, 6) is 0.758. The molecule has 1 saturated carbocycles. The lowest BCUT2D eigenvalue weighted by molar-refractivity contribution is -0.133. The van der Waals surface area contributed by atoms with E-state index in [9.17, 15) is 4.79 Å². The lowest BCUT2D eigenvalue weighted by Crippen LogP contribution is -2.38. The fraction of sp³-hybridized carbons (Fsp3) is 0.909. The average molecular weight is 196 g/mol. The Bertz CT molecular complexity index is 205. The third-order valence-corrected chi connectivity index (χ3v) is 3.37. The maximum Gasteiger partial charge on any atom is 0.225 e. The van der Waals surface area contributed by atoms with Crippen molar-refractivity contribution in [2.24, 2.45) is 5.92 Å². The van der Waals surface area contributed by atoms with E-state index in [0.717, 1.165) is 32.4 Å². The molecular weight excluding hydrogens is 176 g/mol. The van der Waals surface area contributed by atoms with Crippen LogP contribution in [0.15, 0.2) is 0 Å². The van der Waals surface area contributed by atoms with Crippen molar-refractivity contribution in [3.05, 3.63) is 0 Å². The van der Waals surface area contributed by atoms with E-state index >= 15 is 0 Å². The predicted molar refractivity (Wildman–Crippen MR) is 56.0 cm³/mol. The highest BCUT2D eigenvalue weighted by Gasteiger charge is 2.34. The van der Waals surface area contributed by atoms with Crippen molar-refractivity contribution >= 4 is 5.91 Å². The van der Waals surface area contributed by atoms with Gasteiger partial charge < -0.3 is 10.2 Å². The highest BCUT2D eigenvalue weighted by Crippen LogP contribution is 2.31. The number of amides is 1. The van der Waals surface area contributed by atoms with Crippen molar-refractivity contribution in [3.63, 3.8) is 0 Å². The molecule has 1 unspecified atom stereocenters. The molecule has 0 radical (unpaired) electrons. The number of nitrogens with zero attached hydrogens (tertiary/aromatic N) is 1. The Morgan fingerprint density at radius 3 is 2.71 bits per heavy atom. The Balaban J connectivity index is 1.87. The average Bonchev–Trinajstić information content (AvgIpc) is 3.02. The van der Waals surface area contributed by atoms with E-state index in [1.54, 1.807) is 0 Å². The number of hydrogen-bond acceptors (Lipinski definition) is 2. The second-order valence-electron chi connectivity index (χ2n) is 4.56. The first kappa shape index (κ1) is 9.97. The molecule has 1 aliphatic heterocycles. The summed E-state index contributed by atoms with van der Waals surface area (Å²) in [6, 6.07) is 0.484. The summed E-state index contributed by atoms with van der Waals surface area (Å²) in [7, 11) is 1.98. The normalized spacial score (nSPS) is 28.2. The lowest BCUT2D eigenvalue weighted by Gasteiger charge is -2.27. The van der Waals surface area contributed by atoms with E-state index in [4.69, 9.17) is 0 Å². The van der Waals surface area contributed by atoms with Gasteiger partial charge in [0.1, 0.15) is 0 Å². The minimum absolute atomic E-state index is 0.371. The van der Waals surface area contributed by atoms with Crippen LogP contribution in [0.2, 0.25) is 0 Å². The molecule has 0 spiro atoms. The van der Waals surface area contributed by atoms with Gasteiger partial charge in [-0.3, -0.25) is 4.79 Å². The molecule has 2 aliphatic rings. The molecule has 2 rings (SSSR count). The number of nitrogens with one attached hydrogen (secondary N) is 1. The van der Waals surface area contributed by atoms with Crippen molar-refractivity contribution in [2.75, 3.05) is 20.1 Å². The van der Waals surface area contributed by atoms with Crippen LogP contribution in [0.5, 0.6) is 0 Å². The molecule has 0 aromatic heterocycles. The summed E-state index contributed by atoms with van der Waals surface area (Å²) < 4.78 is 0. The minimum atomic E-state index is 0.371. The van der Waals surface area contributed by atoms with Gasteiger partial charge in [0.2, 0.25) is 5.91 Å². The Kier molecular flexibility index (Phi) is 3.06. The van der Waals surface area contributed by atoms with E-state index in [0.29, 0.717) is 17.9 Å². The first-order valence-corrected chi connectivity index (χ1v) is 5.76.